The van der Waals surface area contributed by atoms with Crippen molar-refractivity contribution in [2.24, 2.45) is 0 Å². The first-order valence-corrected chi connectivity index (χ1v) is 6.64. The van der Waals surface area contributed by atoms with Crippen molar-refractivity contribution < 1.29 is 0 Å². The first-order valence-electron chi connectivity index (χ1n) is 6.26. The summed E-state index contributed by atoms with van der Waals surface area (Å²) in [6, 6.07) is 4.07. The van der Waals surface area contributed by atoms with Gasteiger partial charge in [0.15, 0.2) is 0 Å². The molecule has 0 radical (unpaired) electrons. The van der Waals surface area contributed by atoms with Crippen LogP contribution in [-0.2, 0) is 0 Å². The molecule has 96 valence electrons. The summed E-state index contributed by atoms with van der Waals surface area (Å²) in [5.74, 6) is 0. The standard InChI is InChI=1S/C14H17ClN2O/c1-4-11(5-2)17-7-6-10-8-9(3)13(15)16-12(10)14(17)18/h6-8,11H,4-5H2,1-3H3. The smallest absolute Gasteiger partial charge is 0.277 e. The number of rotatable bonds is 3. The lowest BCUT2D eigenvalue weighted by Gasteiger charge is -2.16. The van der Waals surface area contributed by atoms with Crippen LogP contribution in [0.2, 0.25) is 5.15 Å². The molecule has 0 bridgehead atoms. The molecule has 18 heavy (non-hydrogen) atoms. The van der Waals surface area contributed by atoms with Gasteiger partial charge < -0.3 is 4.57 Å². The van der Waals surface area contributed by atoms with E-state index in [1.54, 1.807) is 4.57 Å². The second-order valence-corrected chi connectivity index (χ2v) is 4.89. The highest BCUT2D eigenvalue weighted by atomic mass is 35.5. The van der Waals surface area contributed by atoms with Gasteiger partial charge >= 0.3 is 0 Å². The largest absolute Gasteiger partial charge is 0.311 e. The third kappa shape index (κ3) is 2.15. The Morgan fingerprint density at radius 3 is 2.67 bits per heavy atom. The fraction of sp³-hybridized carbons (Fsp3) is 0.429. The third-order valence-corrected chi connectivity index (χ3v) is 3.75. The minimum atomic E-state index is -0.0527. The number of aryl methyl sites for hydroxylation is 1. The van der Waals surface area contributed by atoms with Crippen molar-refractivity contribution in [3.63, 3.8) is 0 Å². The number of halogens is 1. The van der Waals surface area contributed by atoms with Crippen LogP contribution in [-0.4, -0.2) is 9.55 Å². The van der Waals surface area contributed by atoms with Crippen molar-refractivity contribution in [3.05, 3.63) is 39.4 Å². The molecule has 2 aromatic heterocycles. The van der Waals surface area contributed by atoms with E-state index < -0.39 is 0 Å². The summed E-state index contributed by atoms with van der Waals surface area (Å²) < 4.78 is 1.76. The molecular formula is C14H17ClN2O. The molecule has 0 aliphatic carbocycles. The van der Waals surface area contributed by atoms with Crippen LogP contribution in [0.3, 0.4) is 0 Å². The molecule has 0 aliphatic rings. The van der Waals surface area contributed by atoms with E-state index in [4.69, 9.17) is 11.6 Å². The third-order valence-electron chi connectivity index (χ3n) is 3.37. The molecule has 0 aromatic carbocycles. The lowest BCUT2D eigenvalue weighted by Crippen LogP contribution is -2.24. The Morgan fingerprint density at radius 1 is 1.39 bits per heavy atom. The average molecular weight is 265 g/mol. The van der Waals surface area contributed by atoms with Gasteiger partial charge in [-0.1, -0.05) is 25.4 Å². The van der Waals surface area contributed by atoms with Gasteiger partial charge in [-0.2, -0.15) is 0 Å². The predicted octanol–water partition coefficient (Wildman–Crippen LogP) is 3.72. The van der Waals surface area contributed by atoms with Crippen molar-refractivity contribution in [1.82, 2.24) is 9.55 Å². The molecule has 0 N–H and O–H groups in total. The minimum Gasteiger partial charge on any atom is -0.311 e. The molecule has 0 spiro atoms. The molecule has 2 aromatic rings. The van der Waals surface area contributed by atoms with Gasteiger partial charge in [0.05, 0.1) is 0 Å². The summed E-state index contributed by atoms with van der Waals surface area (Å²) in [7, 11) is 0. The Hall–Kier alpha value is -1.35. The monoisotopic (exact) mass is 264 g/mol. The van der Waals surface area contributed by atoms with E-state index in [2.05, 4.69) is 18.8 Å². The van der Waals surface area contributed by atoms with E-state index in [9.17, 15) is 4.79 Å². The Morgan fingerprint density at radius 2 is 2.06 bits per heavy atom. The highest BCUT2D eigenvalue weighted by Crippen LogP contribution is 2.19. The van der Waals surface area contributed by atoms with Crippen LogP contribution in [0.5, 0.6) is 0 Å². The molecule has 0 unspecified atom stereocenters. The fourth-order valence-electron chi connectivity index (χ4n) is 2.23. The van der Waals surface area contributed by atoms with Gasteiger partial charge in [0.25, 0.3) is 5.56 Å². The number of hydrogen-bond donors (Lipinski definition) is 0. The Bertz CT molecular complexity index is 629. The van der Waals surface area contributed by atoms with E-state index in [1.807, 2.05) is 25.3 Å². The van der Waals surface area contributed by atoms with Gasteiger partial charge in [-0.15, -0.1) is 0 Å². The molecule has 3 nitrogen and oxygen atoms in total. The minimum absolute atomic E-state index is 0.0527. The zero-order chi connectivity index (χ0) is 13.3. The van der Waals surface area contributed by atoms with Crippen LogP contribution in [0, 0.1) is 6.92 Å². The average Bonchev–Trinajstić information content (AvgIpc) is 2.36. The summed E-state index contributed by atoms with van der Waals surface area (Å²) in [6.07, 6.45) is 3.72. The summed E-state index contributed by atoms with van der Waals surface area (Å²) in [4.78, 5) is 16.6. The molecular weight excluding hydrogens is 248 g/mol. The van der Waals surface area contributed by atoms with Gasteiger partial charge in [-0.05, 0) is 37.5 Å². The van der Waals surface area contributed by atoms with Crippen LogP contribution in [0.25, 0.3) is 10.9 Å². The lowest BCUT2D eigenvalue weighted by atomic mass is 10.1. The maximum absolute atomic E-state index is 12.4. The molecule has 0 amide bonds. The molecule has 2 heterocycles. The summed E-state index contributed by atoms with van der Waals surface area (Å²) in [5.41, 5.74) is 1.30. The number of aromatic nitrogens is 2. The fourth-order valence-corrected chi connectivity index (χ4v) is 2.37. The van der Waals surface area contributed by atoms with Gasteiger partial charge in [0.1, 0.15) is 10.7 Å². The maximum atomic E-state index is 12.4. The topological polar surface area (TPSA) is 34.9 Å². The van der Waals surface area contributed by atoms with Crippen molar-refractivity contribution in [2.45, 2.75) is 39.7 Å². The van der Waals surface area contributed by atoms with Crippen LogP contribution >= 0.6 is 11.6 Å². The van der Waals surface area contributed by atoms with Crippen LogP contribution in [0.15, 0.2) is 23.1 Å². The van der Waals surface area contributed by atoms with Gasteiger partial charge in [-0.25, -0.2) is 4.98 Å². The summed E-state index contributed by atoms with van der Waals surface area (Å²) in [6.45, 7) is 6.06. The van der Waals surface area contributed by atoms with Crippen molar-refractivity contribution >= 4 is 22.5 Å². The first-order chi connectivity index (χ1) is 8.58. The Balaban J connectivity index is 2.71. The molecule has 0 saturated carbocycles. The SMILES string of the molecule is CCC(CC)n1ccc2cc(C)c(Cl)nc2c1=O. The second kappa shape index (κ2) is 5.11. The van der Waals surface area contributed by atoms with E-state index >= 15 is 0 Å². The normalized spacial score (nSPS) is 11.4. The van der Waals surface area contributed by atoms with E-state index in [-0.39, 0.29) is 11.6 Å². The van der Waals surface area contributed by atoms with Crippen LogP contribution in [0.4, 0.5) is 0 Å². The number of pyridine rings is 2. The van der Waals surface area contributed by atoms with E-state index in [1.165, 1.54) is 0 Å². The quantitative estimate of drug-likeness (QED) is 0.792. The number of nitrogens with zero attached hydrogens (tertiary/aromatic N) is 2. The molecule has 2 rings (SSSR count). The molecule has 4 heteroatoms. The van der Waals surface area contributed by atoms with Crippen molar-refractivity contribution in [3.8, 4) is 0 Å². The van der Waals surface area contributed by atoms with Crippen molar-refractivity contribution in [1.29, 1.82) is 0 Å². The number of fused-ring (bicyclic) bond motifs is 1. The number of hydrogen-bond acceptors (Lipinski definition) is 2. The van der Waals surface area contributed by atoms with Crippen molar-refractivity contribution in [2.75, 3.05) is 0 Å². The van der Waals surface area contributed by atoms with E-state index in [0.717, 1.165) is 23.8 Å². The zero-order valence-corrected chi connectivity index (χ0v) is 11.7. The maximum Gasteiger partial charge on any atom is 0.277 e. The van der Waals surface area contributed by atoms with Crippen LogP contribution in [0.1, 0.15) is 38.3 Å². The summed E-state index contributed by atoms with van der Waals surface area (Å²) in [5, 5.41) is 1.26. The highest BCUT2D eigenvalue weighted by Gasteiger charge is 2.12. The molecule has 0 saturated heterocycles. The molecule has 0 fully saturated rings. The molecule has 0 aliphatic heterocycles. The second-order valence-electron chi connectivity index (χ2n) is 4.53. The van der Waals surface area contributed by atoms with Gasteiger partial charge in [-0.3, -0.25) is 4.79 Å². The molecule has 0 atom stereocenters. The Labute approximate surface area is 111 Å². The van der Waals surface area contributed by atoms with Gasteiger partial charge in [0.2, 0.25) is 0 Å². The Kier molecular flexibility index (Phi) is 3.71. The van der Waals surface area contributed by atoms with Crippen LogP contribution < -0.4 is 5.56 Å². The van der Waals surface area contributed by atoms with Gasteiger partial charge in [0, 0.05) is 17.6 Å². The van der Waals surface area contributed by atoms with E-state index in [0.29, 0.717) is 10.7 Å². The lowest BCUT2D eigenvalue weighted by molar-refractivity contribution is 0.460. The zero-order valence-electron chi connectivity index (χ0n) is 10.9. The first kappa shape index (κ1) is 13.1. The summed E-state index contributed by atoms with van der Waals surface area (Å²) >= 11 is 6.00. The predicted molar refractivity (Wildman–Crippen MR) is 75.4 cm³/mol. The highest BCUT2D eigenvalue weighted by molar-refractivity contribution is 6.30.